The third-order valence-corrected chi connectivity index (χ3v) is 5.92. The Labute approximate surface area is 156 Å². The second-order valence-electron chi connectivity index (χ2n) is 7.55. The van der Waals surface area contributed by atoms with Gasteiger partial charge >= 0.3 is 0 Å². The lowest BCUT2D eigenvalue weighted by Gasteiger charge is -2.46. The maximum absolute atomic E-state index is 11.7. The van der Waals surface area contributed by atoms with E-state index in [2.05, 4.69) is 37.2 Å². The first-order valence-corrected chi connectivity index (χ1v) is 9.56. The van der Waals surface area contributed by atoms with Crippen molar-refractivity contribution in [1.82, 2.24) is 4.90 Å². The molecule has 0 spiro atoms. The minimum atomic E-state index is -0.701. The molecule has 3 unspecified atom stereocenters. The second kappa shape index (κ2) is 7.90. The zero-order chi connectivity index (χ0) is 17.9. The SMILES string of the molecule is CN(C)C(c1ccccc1Cl)C1CCCCC1(O)Cc1ccccc1. The molecule has 0 saturated heterocycles. The lowest BCUT2D eigenvalue weighted by Crippen LogP contribution is -2.48. The summed E-state index contributed by atoms with van der Waals surface area (Å²) in [6, 6.07) is 18.5. The van der Waals surface area contributed by atoms with Crippen LogP contribution in [0.25, 0.3) is 0 Å². The van der Waals surface area contributed by atoms with E-state index in [0.717, 1.165) is 36.3 Å². The Hall–Kier alpha value is -1.35. The molecule has 0 heterocycles. The first-order valence-electron chi connectivity index (χ1n) is 9.18. The van der Waals surface area contributed by atoms with Gasteiger partial charge in [-0.05, 0) is 44.1 Å². The molecule has 0 radical (unpaired) electrons. The standard InChI is InChI=1S/C22H28ClNO/c1-24(2)21(18-12-6-7-14-20(18)23)19-13-8-9-15-22(19,25)16-17-10-4-3-5-11-17/h3-7,10-12,14,19,21,25H,8-9,13,15-16H2,1-2H3. The molecular weight excluding hydrogens is 330 g/mol. The first-order chi connectivity index (χ1) is 12.0. The Bertz CT molecular complexity index is 687. The molecule has 3 rings (SSSR count). The van der Waals surface area contributed by atoms with Crippen LogP contribution in [0.2, 0.25) is 5.02 Å². The molecule has 1 aliphatic carbocycles. The van der Waals surface area contributed by atoms with Crippen molar-refractivity contribution in [3.63, 3.8) is 0 Å². The van der Waals surface area contributed by atoms with Crippen molar-refractivity contribution in [3.8, 4) is 0 Å². The monoisotopic (exact) mass is 357 g/mol. The van der Waals surface area contributed by atoms with Crippen LogP contribution in [-0.4, -0.2) is 29.7 Å². The third kappa shape index (κ3) is 4.08. The van der Waals surface area contributed by atoms with Gasteiger partial charge in [-0.25, -0.2) is 0 Å². The topological polar surface area (TPSA) is 23.5 Å². The molecule has 1 fully saturated rings. The van der Waals surface area contributed by atoms with E-state index in [9.17, 15) is 5.11 Å². The molecule has 0 aliphatic heterocycles. The van der Waals surface area contributed by atoms with E-state index >= 15 is 0 Å². The minimum absolute atomic E-state index is 0.114. The fourth-order valence-electron chi connectivity index (χ4n) is 4.44. The summed E-state index contributed by atoms with van der Waals surface area (Å²) in [6.45, 7) is 0. The fraction of sp³-hybridized carbons (Fsp3) is 0.455. The number of rotatable bonds is 5. The van der Waals surface area contributed by atoms with E-state index in [1.54, 1.807) is 0 Å². The fourth-order valence-corrected chi connectivity index (χ4v) is 4.69. The molecule has 2 nitrogen and oxygen atoms in total. The predicted octanol–water partition coefficient (Wildman–Crippen LogP) is 5.11. The molecule has 0 aromatic heterocycles. The molecule has 2 aromatic carbocycles. The van der Waals surface area contributed by atoms with E-state index in [-0.39, 0.29) is 12.0 Å². The van der Waals surface area contributed by atoms with E-state index in [1.165, 1.54) is 5.56 Å². The summed E-state index contributed by atoms with van der Waals surface area (Å²) in [5.74, 6) is 0.163. The summed E-state index contributed by atoms with van der Waals surface area (Å²) in [5, 5.41) is 12.5. The van der Waals surface area contributed by atoms with Gasteiger partial charge in [-0.3, -0.25) is 0 Å². The van der Waals surface area contributed by atoms with Gasteiger partial charge in [0.2, 0.25) is 0 Å². The number of hydrogen-bond acceptors (Lipinski definition) is 2. The Morgan fingerprint density at radius 1 is 1.08 bits per heavy atom. The summed E-state index contributed by atoms with van der Waals surface area (Å²) in [7, 11) is 4.18. The molecule has 2 aromatic rings. The number of aliphatic hydroxyl groups is 1. The van der Waals surface area contributed by atoms with Gasteiger partial charge in [0, 0.05) is 23.4 Å². The lowest BCUT2D eigenvalue weighted by molar-refractivity contribution is -0.0770. The van der Waals surface area contributed by atoms with Crippen molar-refractivity contribution in [2.75, 3.05) is 14.1 Å². The van der Waals surface area contributed by atoms with Crippen LogP contribution in [-0.2, 0) is 6.42 Å². The van der Waals surface area contributed by atoms with Crippen molar-refractivity contribution >= 4 is 11.6 Å². The average molecular weight is 358 g/mol. The quantitative estimate of drug-likeness (QED) is 0.804. The van der Waals surface area contributed by atoms with Crippen LogP contribution in [0, 0.1) is 5.92 Å². The summed E-state index contributed by atoms with van der Waals surface area (Å²) in [4.78, 5) is 2.22. The smallest absolute Gasteiger partial charge is 0.0734 e. The zero-order valence-electron chi connectivity index (χ0n) is 15.2. The number of halogens is 1. The van der Waals surface area contributed by atoms with Crippen LogP contribution in [0.4, 0.5) is 0 Å². The molecule has 1 N–H and O–H groups in total. The first kappa shape index (κ1) is 18.4. The van der Waals surface area contributed by atoms with Crippen molar-refractivity contribution in [3.05, 3.63) is 70.7 Å². The van der Waals surface area contributed by atoms with Crippen molar-refractivity contribution in [1.29, 1.82) is 0 Å². The highest BCUT2D eigenvalue weighted by atomic mass is 35.5. The highest BCUT2D eigenvalue weighted by Gasteiger charge is 2.44. The van der Waals surface area contributed by atoms with Gasteiger partial charge in [0.1, 0.15) is 0 Å². The maximum atomic E-state index is 11.7. The lowest BCUT2D eigenvalue weighted by atomic mass is 9.67. The molecule has 0 amide bonds. The highest BCUT2D eigenvalue weighted by Crippen LogP contribution is 2.46. The Morgan fingerprint density at radius 3 is 2.44 bits per heavy atom. The Balaban J connectivity index is 1.96. The van der Waals surface area contributed by atoms with Crippen LogP contribution in [0.3, 0.4) is 0 Å². The van der Waals surface area contributed by atoms with Crippen LogP contribution >= 0.6 is 11.6 Å². The second-order valence-corrected chi connectivity index (χ2v) is 7.96. The summed E-state index contributed by atoms with van der Waals surface area (Å²) in [6.07, 6.45) is 4.82. The van der Waals surface area contributed by atoms with E-state index in [0.29, 0.717) is 6.42 Å². The van der Waals surface area contributed by atoms with Crippen LogP contribution < -0.4 is 0 Å². The molecule has 1 saturated carbocycles. The van der Waals surface area contributed by atoms with Crippen molar-refractivity contribution in [2.24, 2.45) is 5.92 Å². The van der Waals surface area contributed by atoms with Gasteiger partial charge in [-0.2, -0.15) is 0 Å². The van der Waals surface area contributed by atoms with Gasteiger partial charge in [-0.15, -0.1) is 0 Å². The molecule has 1 aliphatic rings. The zero-order valence-corrected chi connectivity index (χ0v) is 15.9. The normalized spacial score (nSPS) is 25.1. The van der Waals surface area contributed by atoms with Crippen molar-refractivity contribution < 1.29 is 5.11 Å². The molecular formula is C22H28ClNO. The number of benzene rings is 2. The van der Waals surface area contributed by atoms with Gasteiger partial charge in [-0.1, -0.05) is 73.0 Å². The Kier molecular flexibility index (Phi) is 5.83. The average Bonchev–Trinajstić information content (AvgIpc) is 2.59. The molecule has 0 bridgehead atoms. The summed E-state index contributed by atoms with van der Waals surface area (Å²) in [5.41, 5.74) is 1.62. The third-order valence-electron chi connectivity index (χ3n) is 5.58. The molecule has 134 valence electrons. The van der Waals surface area contributed by atoms with Gasteiger partial charge < -0.3 is 10.0 Å². The summed E-state index contributed by atoms with van der Waals surface area (Å²) < 4.78 is 0. The highest BCUT2D eigenvalue weighted by molar-refractivity contribution is 6.31. The molecule has 3 heteroatoms. The maximum Gasteiger partial charge on any atom is 0.0734 e. The van der Waals surface area contributed by atoms with E-state index in [1.807, 2.05) is 36.4 Å². The van der Waals surface area contributed by atoms with Gasteiger partial charge in [0.05, 0.1) is 5.60 Å². The van der Waals surface area contributed by atoms with Gasteiger partial charge in [0.15, 0.2) is 0 Å². The van der Waals surface area contributed by atoms with E-state index < -0.39 is 5.60 Å². The van der Waals surface area contributed by atoms with Crippen molar-refractivity contribution in [2.45, 2.75) is 43.7 Å². The summed E-state index contributed by atoms with van der Waals surface area (Å²) >= 11 is 6.53. The predicted molar refractivity (Wildman–Crippen MR) is 105 cm³/mol. The van der Waals surface area contributed by atoms with Crippen LogP contribution in [0.15, 0.2) is 54.6 Å². The number of nitrogens with zero attached hydrogens (tertiary/aromatic N) is 1. The molecule has 3 atom stereocenters. The largest absolute Gasteiger partial charge is 0.389 e. The van der Waals surface area contributed by atoms with E-state index in [4.69, 9.17) is 11.6 Å². The minimum Gasteiger partial charge on any atom is -0.389 e. The Morgan fingerprint density at radius 2 is 1.76 bits per heavy atom. The molecule has 25 heavy (non-hydrogen) atoms. The number of hydrogen-bond donors (Lipinski definition) is 1. The van der Waals surface area contributed by atoms with Crippen LogP contribution in [0.1, 0.15) is 42.9 Å². The van der Waals surface area contributed by atoms with Crippen LogP contribution in [0.5, 0.6) is 0 Å². The van der Waals surface area contributed by atoms with Gasteiger partial charge in [0.25, 0.3) is 0 Å².